The first kappa shape index (κ1) is 13.3. The Balaban J connectivity index is 0.000000317. The molecule has 0 saturated carbocycles. The van der Waals surface area contributed by atoms with Crippen LogP contribution in [0.15, 0.2) is 54.6 Å². The number of benzene rings is 2. The average Bonchev–Trinajstić information content (AvgIpc) is 2.30. The highest BCUT2D eigenvalue weighted by Crippen LogP contribution is 2.27. The van der Waals surface area contributed by atoms with Gasteiger partial charge in [-0.05, 0) is 32.8 Å². The Bertz CT molecular complexity index is 435. The van der Waals surface area contributed by atoms with E-state index in [9.17, 15) is 5.11 Å². The zero-order valence-electron chi connectivity index (χ0n) is 10.6. The van der Waals surface area contributed by atoms with E-state index in [1.807, 2.05) is 74.6 Å². The number of aromatic hydroxyl groups is 1. The largest absolute Gasteiger partial charge is 0.507 e. The van der Waals surface area contributed by atoms with Gasteiger partial charge in [0.1, 0.15) is 5.75 Å². The molecule has 1 N–H and O–H groups in total. The van der Waals surface area contributed by atoms with Gasteiger partial charge < -0.3 is 10.0 Å². The number of hydrogen-bond acceptors (Lipinski definition) is 2. The van der Waals surface area contributed by atoms with Gasteiger partial charge in [-0.15, -0.1) is 0 Å². The van der Waals surface area contributed by atoms with E-state index in [0.717, 1.165) is 11.1 Å². The molecule has 2 aromatic carbocycles. The normalized spacial score (nSPS) is 9.65. The molecule has 2 heteroatoms. The summed E-state index contributed by atoms with van der Waals surface area (Å²) < 4.78 is 0. The van der Waals surface area contributed by atoms with Crippen molar-refractivity contribution in [3.05, 3.63) is 54.6 Å². The SMILES string of the molecule is CN(C)C.Oc1ccccc1-c1ccccc1. The van der Waals surface area contributed by atoms with Crippen LogP contribution in [-0.4, -0.2) is 31.1 Å². The lowest BCUT2D eigenvalue weighted by Crippen LogP contribution is -1.99. The molecule has 90 valence electrons. The maximum Gasteiger partial charge on any atom is 0.123 e. The van der Waals surface area contributed by atoms with Crippen molar-refractivity contribution in [1.29, 1.82) is 0 Å². The predicted molar refractivity (Wildman–Crippen MR) is 73.2 cm³/mol. The Morgan fingerprint density at radius 2 is 1.24 bits per heavy atom. The second-order valence-electron chi connectivity index (χ2n) is 4.22. The molecule has 0 atom stereocenters. The molecule has 0 spiro atoms. The summed E-state index contributed by atoms with van der Waals surface area (Å²) in [4.78, 5) is 2.00. The summed E-state index contributed by atoms with van der Waals surface area (Å²) in [5.41, 5.74) is 1.92. The van der Waals surface area contributed by atoms with Gasteiger partial charge in [0, 0.05) is 5.56 Å². The summed E-state index contributed by atoms with van der Waals surface area (Å²) in [6.07, 6.45) is 0. The van der Waals surface area contributed by atoms with Gasteiger partial charge in [0.05, 0.1) is 0 Å². The van der Waals surface area contributed by atoms with E-state index in [1.54, 1.807) is 6.07 Å². The second-order valence-corrected chi connectivity index (χ2v) is 4.22. The Morgan fingerprint density at radius 1 is 0.765 bits per heavy atom. The van der Waals surface area contributed by atoms with Crippen LogP contribution in [0.4, 0.5) is 0 Å². The fourth-order valence-electron chi connectivity index (χ4n) is 1.34. The molecule has 0 saturated heterocycles. The number of nitrogens with zero attached hydrogens (tertiary/aromatic N) is 1. The molecule has 2 aromatic rings. The van der Waals surface area contributed by atoms with Gasteiger partial charge in [-0.2, -0.15) is 0 Å². The summed E-state index contributed by atoms with van der Waals surface area (Å²) >= 11 is 0. The van der Waals surface area contributed by atoms with Crippen LogP contribution in [-0.2, 0) is 0 Å². The lowest BCUT2D eigenvalue weighted by atomic mass is 10.1. The first-order valence-electron chi connectivity index (χ1n) is 5.55. The average molecular weight is 229 g/mol. The van der Waals surface area contributed by atoms with E-state index >= 15 is 0 Å². The number of rotatable bonds is 1. The molecule has 0 unspecified atom stereocenters. The molecular weight excluding hydrogens is 210 g/mol. The Labute approximate surface area is 103 Å². The van der Waals surface area contributed by atoms with E-state index < -0.39 is 0 Å². The molecule has 0 amide bonds. The minimum absolute atomic E-state index is 0.328. The Kier molecular flexibility index (Phi) is 5.24. The van der Waals surface area contributed by atoms with Crippen molar-refractivity contribution in [3.63, 3.8) is 0 Å². The molecule has 0 aliphatic heterocycles. The third-order valence-corrected chi connectivity index (χ3v) is 1.99. The molecule has 0 aromatic heterocycles. The highest BCUT2D eigenvalue weighted by Gasteiger charge is 2.00. The van der Waals surface area contributed by atoms with Gasteiger partial charge in [0.2, 0.25) is 0 Å². The summed E-state index contributed by atoms with van der Waals surface area (Å²) in [6, 6.07) is 17.2. The van der Waals surface area contributed by atoms with E-state index in [-0.39, 0.29) is 0 Å². The molecule has 0 bridgehead atoms. The zero-order chi connectivity index (χ0) is 12.7. The van der Waals surface area contributed by atoms with Gasteiger partial charge in [0.15, 0.2) is 0 Å². The fourth-order valence-corrected chi connectivity index (χ4v) is 1.34. The van der Waals surface area contributed by atoms with Gasteiger partial charge in [0.25, 0.3) is 0 Å². The number of para-hydroxylation sites is 1. The summed E-state index contributed by atoms with van der Waals surface area (Å²) in [5, 5.41) is 9.56. The molecular formula is C15H19NO. The highest BCUT2D eigenvalue weighted by atomic mass is 16.3. The highest BCUT2D eigenvalue weighted by molar-refractivity contribution is 5.69. The number of hydrogen-bond donors (Lipinski definition) is 1. The number of phenols is 1. The van der Waals surface area contributed by atoms with Gasteiger partial charge in [-0.25, -0.2) is 0 Å². The molecule has 17 heavy (non-hydrogen) atoms. The van der Waals surface area contributed by atoms with Crippen LogP contribution in [0, 0.1) is 0 Å². The van der Waals surface area contributed by atoms with Crippen LogP contribution in [0.25, 0.3) is 11.1 Å². The third-order valence-electron chi connectivity index (χ3n) is 1.99. The van der Waals surface area contributed by atoms with Crippen LogP contribution < -0.4 is 0 Å². The molecule has 0 aliphatic carbocycles. The number of phenolic OH excluding ortho intramolecular Hbond substituents is 1. The summed E-state index contributed by atoms with van der Waals surface area (Å²) in [5.74, 6) is 0.328. The van der Waals surface area contributed by atoms with E-state index in [2.05, 4.69) is 0 Å². The van der Waals surface area contributed by atoms with Gasteiger partial charge >= 0.3 is 0 Å². The third kappa shape index (κ3) is 4.70. The van der Waals surface area contributed by atoms with Crippen molar-refractivity contribution in [2.75, 3.05) is 21.1 Å². The maximum atomic E-state index is 9.56. The predicted octanol–water partition coefficient (Wildman–Crippen LogP) is 3.24. The Hall–Kier alpha value is -1.80. The van der Waals surface area contributed by atoms with Crippen molar-refractivity contribution in [2.45, 2.75) is 0 Å². The summed E-state index contributed by atoms with van der Waals surface area (Å²) in [6.45, 7) is 0. The lowest BCUT2D eigenvalue weighted by molar-refractivity contribution is 0.477. The second kappa shape index (κ2) is 6.71. The molecule has 0 heterocycles. The molecule has 2 nitrogen and oxygen atoms in total. The van der Waals surface area contributed by atoms with E-state index in [0.29, 0.717) is 5.75 Å². The van der Waals surface area contributed by atoms with Gasteiger partial charge in [-0.1, -0.05) is 48.5 Å². The topological polar surface area (TPSA) is 23.5 Å². The van der Waals surface area contributed by atoms with Crippen LogP contribution in [0.5, 0.6) is 5.75 Å². The monoisotopic (exact) mass is 229 g/mol. The van der Waals surface area contributed by atoms with E-state index in [4.69, 9.17) is 0 Å². The molecule has 0 fully saturated rings. The standard InChI is InChI=1S/C12H10O.C3H9N/c13-12-9-5-4-8-11(12)10-6-2-1-3-7-10;1-4(2)3/h1-9,13H;1-3H3. The van der Waals surface area contributed by atoms with Gasteiger partial charge in [-0.3, -0.25) is 0 Å². The van der Waals surface area contributed by atoms with Crippen LogP contribution in [0.3, 0.4) is 0 Å². The first-order chi connectivity index (χ1) is 8.11. The van der Waals surface area contributed by atoms with Crippen molar-refractivity contribution in [1.82, 2.24) is 4.90 Å². The van der Waals surface area contributed by atoms with Crippen molar-refractivity contribution >= 4 is 0 Å². The summed E-state index contributed by atoms with van der Waals surface area (Å²) in [7, 11) is 6.00. The van der Waals surface area contributed by atoms with Crippen LogP contribution >= 0.6 is 0 Å². The van der Waals surface area contributed by atoms with E-state index in [1.165, 1.54) is 0 Å². The molecule has 2 rings (SSSR count). The van der Waals surface area contributed by atoms with Crippen molar-refractivity contribution in [3.8, 4) is 16.9 Å². The van der Waals surface area contributed by atoms with Crippen molar-refractivity contribution < 1.29 is 5.11 Å². The lowest BCUT2D eigenvalue weighted by Gasteiger charge is -2.02. The first-order valence-corrected chi connectivity index (χ1v) is 5.55. The zero-order valence-corrected chi connectivity index (χ0v) is 10.6. The minimum atomic E-state index is 0.328. The Morgan fingerprint density at radius 3 is 1.76 bits per heavy atom. The fraction of sp³-hybridized carbons (Fsp3) is 0.200. The van der Waals surface area contributed by atoms with Crippen LogP contribution in [0.1, 0.15) is 0 Å². The maximum absolute atomic E-state index is 9.56. The smallest absolute Gasteiger partial charge is 0.123 e. The van der Waals surface area contributed by atoms with Crippen LogP contribution in [0.2, 0.25) is 0 Å². The quantitative estimate of drug-likeness (QED) is 0.811. The van der Waals surface area contributed by atoms with Crippen molar-refractivity contribution in [2.24, 2.45) is 0 Å². The minimum Gasteiger partial charge on any atom is -0.507 e. The molecule has 0 aliphatic rings. The molecule has 0 radical (unpaired) electrons.